The monoisotopic (exact) mass is 392 g/mol. The van der Waals surface area contributed by atoms with Crippen LogP contribution in [0.2, 0.25) is 5.02 Å². The number of hydrazine groups is 1. The van der Waals surface area contributed by atoms with E-state index in [4.69, 9.17) is 23.8 Å². The van der Waals surface area contributed by atoms with Crippen molar-refractivity contribution in [1.82, 2.24) is 10.9 Å². The number of para-hydroxylation sites is 1. The fourth-order valence-corrected chi connectivity index (χ4v) is 2.74. The maximum Gasteiger partial charge on any atom is 0.271 e. The van der Waals surface area contributed by atoms with Crippen molar-refractivity contribution in [3.05, 3.63) is 68.2 Å². The van der Waals surface area contributed by atoms with Crippen LogP contribution in [-0.4, -0.2) is 15.9 Å². The van der Waals surface area contributed by atoms with E-state index in [1.807, 2.05) is 32.0 Å². The van der Waals surface area contributed by atoms with Crippen molar-refractivity contribution >= 4 is 46.2 Å². The molecule has 0 atom stereocenters. The van der Waals surface area contributed by atoms with Gasteiger partial charge in [-0.3, -0.25) is 25.8 Å². The van der Waals surface area contributed by atoms with Crippen LogP contribution < -0.4 is 16.2 Å². The van der Waals surface area contributed by atoms with Gasteiger partial charge in [0.05, 0.1) is 15.5 Å². The zero-order valence-electron chi connectivity index (χ0n) is 14.1. The molecule has 0 aliphatic heterocycles. The highest BCUT2D eigenvalue weighted by molar-refractivity contribution is 7.80. The lowest BCUT2D eigenvalue weighted by Gasteiger charge is -2.16. The molecule has 0 aromatic heterocycles. The molecule has 0 aliphatic carbocycles. The summed E-state index contributed by atoms with van der Waals surface area (Å²) in [6.07, 6.45) is 0.831. The Kier molecular flexibility index (Phi) is 6.48. The summed E-state index contributed by atoms with van der Waals surface area (Å²) in [5, 5.41) is 14.0. The quantitative estimate of drug-likeness (QED) is 0.416. The second-order valence-electron chi connectivity index (χ2n) is 5.42. The number of rotatable bonds is 4. The van der Waals surface area contributed by atoms with Crippen LogP contribution in [0.3, 0.4) is 0 Å². The van der Waals surface area contributed by atoms with Crippen molar-refractivity contribution in [2.45, 2.75) is 20.3 Å². The van der Waals surface area contributed by atoms with Gasteiger partial charge in [0, 0.05) is 17.8 Å². The zero-order valence-corrected chi connectivity index (χ0v) is 15.7. The second-order valence-corrected chi connectivity index (χ2v) is 6.23. The molecule has 0 saturated heterocycles. The number of hydrogen-bond donors (Lipinski definition) is 3. The molecule has 0 heterocycles. The summed E-state index contributed by atoms with van der Waals surface area (Å²) in [5.74, 6) is -0.561. The fraction of sp³-hybridized carbons (Fsp3) is 0.176. The van der Waals surface area contributed by atoms with Crippen molar-refractivity contribution in [1.29, 1.82) is 0 Å². The maximum atomic E-state index is 12.2. The third-order valence-electron chi connectivity index (χ3n) is 3.68. The highest BCUT2D eigenvalue weighted by atomic mass is 35.5. The summed E-state index contributed by atoms with van der Waals surface area (Å²) in [6, 6.07) is 9.53. The van der Waals surface area contributed by atoms with Gasteiger partial charge < -0.3 is 5.32 Å². The minimum atomic E-state index is -0.585. The standard InChI is InChI=1S/C17H17ClN4O3S/c1-3-11-6-4-5-10(2)15(11)19-17(26)21-20-16(23)13-8-7-12(22(24)25)9-14(13)18/h4-9H,3H2,1-2H3,(H,20,23)(H2,19,21,26). The lowest BCUT2D eigenvalue weighted by atomic mass is 10.1. The minimum absolute atomic E-state index is 0.0236. The molecule has 1 amide bonds. The number of aryl methyl sites for hydroxylation is 2. The molecule has 3 N–H and O–H groups in total. The van der Waals surface area contributed by atoms with Gasteiger partial charge in [0.1, 0.15) is 0 Å². The molecule has 0 bridgehead atoms. The molecule has 2 rings (SSSR count). The lowest BCUT2D eigenvalue weighted by molar-refractivity contribution is -0.384. The van der Waals surface area contributed by atoms with Crippen molar-refractivity contribution in [3.63, 3.8) is 0 Å². The van der Waals surface area contributed by atoms with Crippen molar-refractivity contribution in [2.75, 3.05) is 5.32 Å². The second kappa shape index (κ2) is 8.59. The van der Waals surface area contributed by atoms with Crippen LogP contribution in [0.25, 0.3) is 0 Å². The molecule has 2 aromatic rings. The van der Waals surface area contributed by atoms with E-state index in [9.17, 15) is 14.9 Å². The number of non-ortho nitro benzene ring substituents is 1. The van der Waals surface area contributed by atoms with Crippen LogP contribution in [-0.2, 0) is 6.42 Å². The number of nitrogens with zero attached hydrogens (tertiary/aromatic N) is 1. The molecule has 7 nitrogen and oxygen atoms in total. The molecule has 2 aromatic carbocycles. The summed E-state index contributed by atoms with van der Waals surface area (Å²) in [6.45, 7) is 3.99. The largest absolute Gasteiger partial charge is 0.331 e. The molecular weight excluding hydrogens is 376 g/mol. The SMILES string of the molecule is CCc1cccc(C)c1NC(=S)NNC(=O)c1ccc([N+](=O)[O-])cc1Cl. The normalized spacial score (nSPS) is 10.1. The predicted octanol–water partition coefficient (Wildman–Crippen LogP) is 3.75. The summed E-state index contributed by atoms with van der Waals surface area (Å²) in [4.78, 5) is 22.3. The van der Waals surface area contributed by atoms with Crippen LogP contribution in [0, 0.1) is 17.0 Å². The number of hydrogen-bond acceptors (Lipinski definition) is 4. The van der Waals surface area contributed by atoms with Gasteiger partial charge in [0.15, 0.2) is 5.11 Å². The first-order valence-corrected chi connectivity index (χ1v) is 8.51. The molecule has 0 radical (unpaired) electrons. The van der Waals surface area contributed by atoms with E-state index < -0.39 is 10.8 Å². The summed E-state index contributed by atoms with van der Waals surface area (Å²) >= 11 is 11.1. The van der Waals surface area contributed by atoms with Gasteiger partial charge in [-0.15, -0.1) is 0 Å². The Morgan fingerprint density at radius 1 is 1.27 bits per heavy atom. The van der Waals surface area contributed by atoms with E-state index in [-0.39, 0.29) is 21.4 Å². The number of anilines is 1. The number of nitrogens with one attached hydrogen (secondary N) is 3. The first kappa shape index (κ1) is 19.6. The zero-order chi connectivity index (χ0) is 19.3. The Labute approximate surface area is 160 Å². The average Bonchev–Trinajstić information content (AvgIpc) is 2.61. The Balaban J connectivity index is 2.02. The van der Waals surface area contributed by atoms with Gasteiger partial charge in [0.25, 0.3) is 11.6 Å². The van der Waals surface area contributed by atoms with E-state index in [2.05, 4.69) is 16.2 Å². The van der Waals surface area contributed by atoms with Gasteiger partial charge in [-0.1, -0.05) is 36.7 Å². The van der Waals surface area contributed by atoms with Gasteiger partial charge in [-0.2, -0.15) is 0 Å². The van der Waals surface area contributed by atoms with Crippen LogP contribution in [0.5, 0.6) is 0 Å². The van der Waals surface area contributed by atoms with E-state index in [1.54, 1.807) is 0 Å². The third-order valence-corrected chi connectivity index (χ3v) is 4.19. The Bertz CT molecular complexity index is 873. The molecule has 136 valence electrons. The van der Waals surface area contributed by atoms with Crippen LogP contribution in [0.1, 0.15) is 28.4 Å². The smallest absolute Gasteiger partial charge is 0.271 e. The summed E-state index contributed by atoms with van der Waals surface area (Å²) in [5.41, 5.74) is 7.93. The molecule has 0 spiro atoms. The number of carbonyl (C=O) groups excluding carboxylic acids is 1. The molecule has 9 heteroatoms. The van der Waals surface area contributed by atoms with E-state index >= 15 is 0 Å². The van der Waals surface area contributed by atoms with Crippen molar-refractivity contribution in [2.24, 2.45) is 0 Å². The van der Waals surface area contributed by atoms with Crippen LogP contribution >= 0.6 is 23.8 Å². The predicted molar refractivity (Wildman–Crippen MR) is 105 cm³/mol. The van der Waals surface area contributed by atoms with E-state index in [0.717, 1.165) is 29.3 Å². The highest BCUT2D eigenvalue weighted by Crippen LogP contribution is 2.22. The third kappa shape index (κ3) is 4.68. The number of amides is 1. The number of halogens is 1. The number of benzene rings is 2. The summed E-state index contributed by atoms with van der Waals surface area (Å²) < 4.78 is 0. The fourth-order valence-electron chi connectivity index (χ4n) is 2.33. The first-order chi connectivity index (χ1) is 12.3. The Morgan fingerprint density at radius 2 is 2.00 bits per heavy atom. The number of nitro benzene ring substituents is 1. The number of carbonyl (C=O) groups is 1. The highest BCUT2D eigenvalue weighted by Gasteiger charge is 2.15. The number of thiocarbonyl (C=S) groups is 1. The van der Waals surface area contributed by atoms with Gasteiger partial charge in [0.2, 0.25) is 0 Å². The summed E-state index contributed by atoms with van der Waals surface area (Å²) in [7, 11) is 0. The van der Waals surface area contributed by atoms with E-state index in [1.165, 1.54) is 12.1 Å². The number of nitro groups is 1. The van der Waals surface area contributed by atoms with Crippen molar-refractivity contribution in [3.8, 4) is 0 Å². The lowest BCUT2D eigenvalue weighted by Crippen LogP contribution is -2.44. The molecule has 0 unspecified atom stereocenters. The van der Waals surface area contributed by atoms with E-state index in [0.29, 0.717) is 0 Å². The van der Waals surface area contributed by atoms with Gasteiger partial charge >= 0.3 is 0 Å². The Hall–Kier alpha value is -2.71. The van der Waals surface area contributed by atoms with Gasteiger partial charge in [-0.05, 0) is 42.8 Å². The Morgan fingerprint density at radius 3 is 2.62 bits per heavy atom. The maximum absolute atomic E-state index is 12.2. The van der Waals surface area contributed by atoms with Crippen molar-refractivity contribution < 1.29 is 9.72 Å². The molecule has 26 heavy (non-hydrogen) atoms. The topological polar surface area (TPSA) is 96.3 Å². The molecular formula is C17H17ClN4O3S. The first-order valence-electron chi connectivity index (χ1n) is 7.73. The van der Waals surface area contributed by atoms with Gasteiger partial charge in [-0.25, -0.2) is 0 Å². The molecule has 0 aliphatic rings. The average molecular weight is 393 g/mol. The van der Waals surface area contributed by atoms with Crippen LogP contribution in [0.15, 0.2) is 36.4 Å². The minimum Gasteiger partial charge on any atom is -0.331 e. The van der Waals surface area contributed by atoms with Crippen LogP contribution in [0.4, 0.5) is 11.4 Å². The molecule has 0 saturated carbocycles. The molecule has 0 fully saturated rings.